The van der Waals surface area contributed by atoms with Crippen molar-refractivity contribution in [1.29, 1.82) is 0 Å². The molecule has 0 unspecified atom stereocenters. The van der Waals surface area contributed by atoms with Gasteiger partial charge in [-0.15, -0.1) is 0 Å². The van der Waals surface area contributed by atoms with Crippen molar-refractivity contribution in [2.45, 2.75) is 39.0 Å². The summed E-state index contributed by atoms with van der Waals surface area (Å²) in [6.45, 7) is 6.97. The van der Waals surface area contributed by atoms with Gasteiger partial charge in [0.25, 0.3) is 11.5 Å². The van der Waals surface area contributed by atoms with Crippen LogP contribution in [0.15, 0.2) is 15.3 Å². The van der Waals surface area contributed by atoms with Crippen LogP contribution >= 0.6 is 0 Å². The number of likely N-dealkylation sites (tertiary alicyclic amines) is 1. The molecule has 1 aliphatic heterocycles. The lowest BCUT2D eigenvalue weighted by atomic mass is 10.1. The van der Waals surface area contributed by atoms with E-state index in [1.54, 1.807) is 17.9 Å². The van der Waals surface area contributed by atoms with Gasteiger partial charge in [-0.25, -0.2) is 4.98 Å². The largest absolute Gasteiger partial charge is 0.435 e. The Morgan fingerprint density at radius 1 is 1.45 bits per heavy atom. The number of aryl methyl sites for hydroxylation is 1. The summed E-state index contributed by atoms with van der Waals surface area (Å²) in [5, 5.41) is 5.40. The first-order valence-corrected chi connectivity index (χ1v) is 7.50. The number of H-pyrrole nitrogens is 2. The summed E-state index contributed by atoms with van der Waals surface area (Å²) in [6, 6.07) is 1.55. The second-order valence-electron chi connectivity index (χ2n) is 6.07. The molecule has 1 fully saturated rings. The quantitative estimate of drug-likeness (QED) is 0.903. The Kier molecular flexibility index (Phi) is 3.64. The first kappa shape index (κ1) is 14.6. The van der Waals surface area contributed by atoms with Crippen LogP contribution in [0, 0.1) is 6.92 Å². The van der Waals surface area contributed by atoms with Crippen LogP contribution in [0.2, 0.25) is 0 Å². The molecule has 118 valence electrons. The molecule has 1 saturated heterocycles. The summed E-state index contributed by atoms with van der Waals surface area (Å²) in [4.78, 5) is 29.9. The van der Waals surface area contributed by atoms with Gasteiger partial charge in [0, 0.05) is 36.7 Å². The first-order valence-electron chi connectivity index (χ1n) is 7.50. The summed E-state index contributed by atoms with van der Waals surface area (Å²) in [7, 11) is 0. The Bertz CT molecular complexity index is 740. The highest BCUT2D eigenvalue weighted by Gasteiger charge is 2.32. The van der Waals surface area contributed by atoms with Gasteiger partial charge in [-0.05, 0) is 13.3 Å². The molecule has 3 heterocycles. The average Bonchev–Trinajstić information content (AvgIpc) is 3.16. The van der Waals surface area contributed by atoms with Gasteiger partial charge in [0.15, 0.2) is 5.89 Å². The second kappa shape index (κ2) is 5.47. The molecule has 0 radical (unpaired) electrons. The highest BCUT2D eigenvalue weighted by molar-refractivity contribution is 5.92. The monoisotopic (exact) mass is 304 g/mol. The number of hydrogen-bond donors (Lipinski definition) is 2. The van der Waals surface area contributed by atoms with Crippen molar-refractivity contribution in [3.63, 3.8) is 0 Å². The van der Waals surface area contributed by atoms with E-state index < -0.39 is 0 Å². The molecular formula is C15H20N4O3. The Morgan fingerprint density at radius 2 is 2.23 bits per heavy atom. The normalized spacial score (nSPS) is 18.4. The van der Waals surface area contributed by atoms with Crippen LogP contribution in [0.4, 0.5) is 0 Å². The number of carbonyl (C=O) groups is 1. The number of oxazole rings is 1. The third-order valence-corrected chi connectivity index (χ3v) is 4.03. The molecule has 0 saturated carbocycles. The van der Waals surface area contributed by atoms with Gasteiger partial charge >= 0.3 is 0 Å². The summed E-state index contributed by atoms with van der Waals surface area (Å²) < 4.78 is 5.63. The van der Waals surface area contributed by atoms with E-state index in [2.05, 4.69) is 15.2 Å². The molecule has 0 bridgehead atoms. The number of nitrogens with zero attached hydrogens (tertiary/aromatic N) is 2. The Labute approximate surface area is 127 Å². The molecule has 2 aromatic rings. The fourth-order valence-electron chi connectivity index (χ4n) is 2.77. The minimum atomic E-state index is -0.146. The zero-order chi connectivity index (χ0) is 15.9. The summed E-state index contributed by atoms with van der Waals surface area (Å²) in [6.07, 6.45) is 0.823. The molecule has 3 rings (SSSR count). The van der Waals surface area contributed by atoms with E-state index in [9.17, 15) is 9.59 Å². The van der Waals surface area contributed by atoms with Crippen molar-refractivity contribution in [2.24, 2.45) is 0 Å². The van der Waals surface area contributed by atoms with Gasteiger partial charge in [-0.2, -0.15) is 0 Å². The maximum atomic E-state index is 12.6. The lowest BCUT2D eigenvalue weighted by Gasteiger charge is -2.14. The van der Waals surface area contributed by atoms with Crippen LogP contribution < -0.4 is 5.56 Å². The molecule has 0 aromatic carbocycles. The van der Waals surface area contributed by atoms with Gasteiger partial charge in [0.2, 0.25) is 5.76 Å². The van der Waals surface area contributed by atoms with E-state index in [1.807, 2.05) is 13.8 Å². The average molecular weight is 304 g/mol. The van der Waals surface area contributed by atoms with Crippen LogP contribution in [-0.2, 0) is 0 Å². The van der Waals surface area contributed by atoms with Crippen molar-refractivity contribution in [2.75, 3.05) is 13.1 Å². The van der Waals surface area contributed by atoms with Gasteiger partial charge in [-0.3, -0.25) is 14.7 Å². The topological polar surface area (TPSA) is 95.0 Å². The minimum absolute atomic E-state index is 0.128. The van der Waals surface area contributed by atoms with E-state index in [0.717, 1.165) is 12.1 Å². The fourth-order valence-corrected chi connectivity index (χ4v) is 2.77. The highest BCUT2D eigenvalue weighted by atomic mass is 16.4. The van der Waals surface area contributed by atoms with Gasteiger partial charge in [0.05, 0.1) is 5.69 Å². The van der Waals surface area contributed by atoms with Gasteiger partial charge in [-0.1, -0.05) is 13.8 Å². The Morgan fingerprint density at radius 3 is 2.82 bits per heavy atom. The van der Waals surface area contributed by atoms with Crippen molar-refractivity contribution in [3.8, 4) is 0 Å². The Balaban J connectivity index is 1.75. The second-order valence-corrected chi connectivity index (χ2v) is 6.07. The Hall–Kier alpha value is -2.31. The fraction of sp³-hybridized carbons (Fsp3) is 0.533. The van der Waals surface area contributed by atoms with E-state index in [1.165, 1.54) is 0 Å². The molecule has 0 spiro atoms. The summed E-state index contributed by atoms with van der Waals surface area (Å²) >= 11 is 0. The predicted molar refractivity (Wildman–Crippen MR) is 80.0 cm³/mol. The highest BCUT2D eigenvalue weighted by Crippen LogP contribution is 2.27. The zero-order valence-electron chi connectivity index (χ0n) is 13.0. The summed E-state index contributed by atoms with van der Waals surface area (Å²) in [5.74, 6) is 1.09. The van der Waals surface area contributed by atoms with Crippen molar-refractivity contribution < 1.29 is 9.21 Å². The smallest absolute Gasteiger partial charge is 0.291 e. The standard InChI is InChI=1S/C15H20N4O3/c1-8(2)14-16-9(3)13(22-14)15(21)19-5-4-10(7-19)11-6-12(20)18-17-11/h6,8,10H,4-5,7H2,1-3H3,(H2,17,18,20)/t10-/m0/s1. The number of nitrogens with one attached hydrogen (secondary N) is 2. The van der Waals surface area contributed by atoms with Crippen LogP contribution in [0.5, 0.6) is 0 Å². The van der Waals surface area contributed by atoms with Gasteiger partial charge < -0.3 is 14.4 Å². The van der Waals surface area contributed by atoms with Crippen molar-refractivity contribution in [3.05, 3.63) is 39.5 Å². The number of rotatable bonds is 3. The molecule has 7 nitrogen and oxygen atoms in total. The zero-order valence-corrected chi connectivity index (χ0v) is 13.0. The van der Waals surface area contributed by atoms with Crippen LogP contribution in [0.25, 0.3) is 0 Å². The lowest BCUT2D eigenvalue weighted by molar-refractivity contribution is 0.0755. The van der Waals surface area contributed by atoms with E-state index in [-0.39, 0.29) is 23.3 Å². The van der Waals surface area contributed by atoms with E-state index in [4.69, 9.17) is 4.42 Å². The maximum Gasteiger partial charge on any atom is 0.291 e. The lowest BCUT2D eigenvalue weighted by Crippen LogP contribution is -2.28. The number of carbonyl (C=O) groups excluding carboxylic acids is 1. The van der Waals surface area contributed by atoms with E-state index >= 15 is 0 Å². The number of aromatic nitrogens is 3. The molecular weight excluding hydrogens is 284 g/mol. The molecule has 7 heteroatoms. The van der Waals surface area contributed by atoms with Crippen LogP contribution in [-0.4, -0.2) is 39.1 Å². The number of hydrogen-bond acceptors (Lipinski definition) is 4. The minimum Gasteiger partial charge on any atom is -0.435 e. The van der Waals surface area contributed by atoms with Gasteiger partial charge in [0.1, 0.15) is 0 Å². The SMILES string of the molecule is Cc1nc(C(C)C)oc1C(=O)N1CC[C@H](c2cc(=O)[nH][nH]2)C1. The molecule has 22 heavy (non-hydrogen) atoms. The summed E-state index contributed by atoms with van der Waals surface area (Å²) in [5.41, 5.74) is 1.33. The molecule has 1 atom stereocenters. The van der Waals surface area contributed by atoms with Crippen molar-refractivity contribution >= 4 is 5.91 Å². The van der Waals surface area contributed by atoms with Crippen molar-refractivity contribution in [1.82, 2.24) is 20.1 Å². The van der Waals surface area contributed by atoms with Crippen LogP contribution in [0.1, 0.15) is 59.9 Å². The third kappa shape index (κ3) is 2.58. The molecule has 0 aliphatic carbocycles. The predicted octanol–water partition coefficient (Wildman–Crippen LogP) is 1.75. The molecule has 1 aliphatic rings. The first-order chi connectivity index (χ1) is 10.5. The third-order valence-electron chi connectivity index (χ3n) is 4.03. The van der Waals surface area contributed by atoms with E-state index in [0.29, 0.717) is 30.4 Å². The van der Waals surface area contributed by atoms with Crippen LogP contribution in [0.3, 0.4) is 0 Å². The molecule has 2 N–H and O–H groups in total. The molecule has 1 amide bonds. The maximum absolute atomic E-state index is 12.6. The number of amides is 1. The molecule has 2 aromatic heterocycles. The number of aromatic amines is 2.